The quantitative estimate of drug-likeness (QED) is 0.572. The largest absolute Gasteiger partial charge is 0.508 e. The SMILES string of the molecule is Oc1ccc2cc(-c3ccnc4ccnn34)ccc2c1. The molecule has 1 N–H and O–H groups in total. The summed E-state index contributed by atoms with van der Waals surface area (Å²) >= 11 is 0. The zero-order valence-corrected chi connectivity index (χ0v) is 10.6. The minimum absolute atomic E-state index is 0.281. The number of nitrogens with zero attached hydrogens (tertiary/aromatic N) is 3. The van der Waals surface area contributed by atoms with Crippen LogP contribution in [0.3, 0.4) is 0 Å². The first-order valence-corrected chi connectivity index (χ1v) is 6.33. The number of hydrogen-bond acceptors (Lipinski definition) is 3. The molecule has 0 spiro atoms. The first kappa shape index (κ1) is 11.0. The lowest BCUT2D eigenvalue weighted by molar-refractivity contribution is 0.476. The Balaban J connectivity index is 1.98. The molecule has 0 saturated carbocycles. The maximum absolute atomic E-state index is 9.51. The minimum Gasteiger partial charge on any atom is -0.508 e. The van der Waals surface area contributed by atoms with Gasteiger partial charge in [-0.2, -0.15) is 5.10 Å². The Bertz CT molecular complexity index is 927. The van der Waals surface area contributed by atoms with Gasteiger partial charge >= 0.3 is 0 Å². The number of benzene rings is 2. The summed E-state index contributed by atoms with van der Waals surface area (Å²) in [5.41, 5.74) is 2.89. The topological polar surface area (TPSA) is 50.4 Å². The number of phenols is 1. The van der Waals surface area contributed by atoms with E-state index in [0.29, 0.717) is 0 Å². The van der Waals surface area contributed by atoms with Crippen LogP contribution in [0.5, 0.6) is 5.75 Å². The summed E-state index contributed by atoms with van der Waals surface area (Å²) in [5.74, 6) is 0.281. The molecule has 0 radical (unpaired) electrons. The molecular formula is C16H11N3O. The van der Waals surface area contributed by atoms with E-state index in [1.54, 1.807) is 24.5 Å². The highest BCUT2D eigenvalue weighted by Crippen LogP contribution is 2.26. The lowest BCUT2D eigenvalue weighted by Crippen LogP contribution is -1.95. The molecule has 4 heteroatoms. The molecule has 4 nitrogen and oxygen atoms in total. The van der Waals surface area contributed by atoms with E-state index in [2.05, 4.69) is 16.1 Å². The first-order valence-electron chi connectivity index (χ1n) is 6.33. The fourth-order valence-corrected chi connectivity index (χ4v) is 2.45. The normalized spacial score (nSPS) is 11.2. The summed E-state index contributed by atoms with van der Waals surface area (Å²) in [6, 6.07) is 15.3. The van der Waals surface area contributed by atoms with Crippen LogP contribution >= 0.6 is 0 Å². The van der Waals surface area contributed by atoms with E-state index in [0.717, 1.165) is 27.7 Å². The highest BCUT2D eigenvalue weighted by Gasteiger charge is 2.06. The van der Waals surface area contributed by atoms with Gasteiger partial charge in [0.1, 0.15) is 5.75 Å². The average molecular weight is 261 g/mol. The molecule has 0 fully saturated rings. The molecule has 0 bridgehead atoms. The van der Waals surface area contributed by atoms with Gasteiger partial charge in [0.15, 0.2) is 5.65 Å². The maximum Gasteiger partial charge on any atom is 0.155 e. The van der Waals surface area contributed by atoms with Gasteiger partial charge in [-0.05, 0) is 35.0 Å². The van der Waals surface area contributed by atoms with Crippen LogP contribution in [0.4, 0.5) is 0 Å². The fraction of sp³-hybridized carbons (Fsp3) is 0. The molecule has 20 heavy (non-hydrogen) atoms. The van der Waals surface area contributed by atoms with Gasteiger partial charge in [0, 0.05) is 17.8 Å². The van der Waals surface area contributed by atoms with E-state index in [1.165, 1.54) is 0 Å². The molecule has 2 heterocycles. The van der Waals surface area contributed by atoms with Crippen molar-refractivity contribution in [1.29, 1.82) is 0 Å². The zero-order chi connectivity index (χ0) is 13.5. The Morgan fingerprint density at radius 1 is 0.850 bits per heavy atom. The molecule has 0 aliphatic carbocycles. The van der Waals surface area contributed by atoms with Gasteiger partial charge in [-0.3, -0.25) is 0 Å². The van der Waals surface area contributed by atoms with Crippen molar-refractivity contribution >= 4 is 16.4 Å². The second-order valence-corrected chi connectivity index (χ2v) is 4.68. The van der Waals surface area contributed by atoms with Crippen molar-refractivity contribution < 1.29 is 5.11 Å². The Morgan fingerprint density at radius 3 is 2.65 bits per heavy atom. The molecule has 96 valence electrons. The highest BCUT2D eigenvalue weighted by molar-refractivity contribution is 5.88. The molecule has 0 aliphatic heterocycles. The average Bonchev–Trinajstić information content (AvgIpc) is 2.95. The summed E-state index contributed by atoms with van der Waals surface area (Å²) in [6.45, 7) is 0. The van der Waals surface area contributed by atoms with Crippen molar-refractivity contribution in [3.63, 3.8) is 0 Å². The van der Waals surface area contributed by atoms with Crippen molar-refractivity contribution in [2.45, 2.75) is 0 Å². The monoisotopic (exact) mass is 261 g/mol. The van der Waals surface area contributed by atoms with E-state index < -0.39 is 0 Å². The summed E-state index contributed by atoms with van der Waals surface area (Å²) in [7, 11) is 0. The Hall–Kier alpha value is -2.88. The molecule has 0 aliphatic rings. The van der Waals surface area contributed by atoms with E-state index in [1.807, 2.05) is 34.8 Å². The number of phenolic OH excluding ortho intramolecular Hbond substituents is 1. The zero-order valence-electron chi connectivity index (χ0n) is 10.6. The van der Waals surface area contributed by atoms with E-state index in [-0.39, 0.29) is 5.75 Å². The highest BCUT2D eigenvalue weighted by atomic mass is 16.3. The van der Waals surface area contributed by atoms with Crippen molar-refractivity contribution in [2.75, 3.05) is 0 Å². The van der Waals surface area contributed by atoms with E-state index in [4.69, 9.17) is 0 Å². The number of hydrogen-bond donors (Lipinski definition) is 1. The van der Waals surface area contributed by atoms with E-state index in [9.17, 15) is 5.11 Å². The lowest BCUT2D eigenvalue weighted by atomic mass is 10.0. The Labute approximate surface area is 114 Å². The van der Waals surface area contributed by atoms with Gasteiger partial charge in [0.25, 0.3) is 0 Å². The minimum atomic E-state index is 0.281. The third-order valence-electron chi connectivity index (χ3n) is 3.41. The third kappa shape index (κ3) is 1.62. The second kappa shape index (κ2) is 4.06. The first-order chi connectivity index (χ1) is 9.81. The lowest BCUT2D eigenvalue weighted by Gasteiger charge is -2.06. The summed E-state index contributed by atoms with van der Waals surface area (Å²) in [4.78, 5) is 4.27. The van der Waals surface area contributed by atoms with Crippen molar-refractivity contribution in [1.82, 2.24) is 14.6 Å². The van der Waals surface area contributed by atoms with Crippen LogP contribution in [0.15, 0.2) is 60.9 Å². The van der Waals surface area contributed by atoms with Gasteiger partial charge in [-0.25, -0.2) is 9.50 Å². The summed E-state index contributed by atoms with van der Waals surface area (Å²) in [6.07, 6.45) is 3.53. The van der Waals surface area contributed by atoms with Crippen LogP contribution in [-0.2, 0) is 0 Å². The van der Waals surface area contributed by atoms with Gasteiger partial charge < -0.3 is 5.11 Å². The predicted octanol–water partition coefficient (Wildman–Crippen LogP) is 3.26. The number of aromatic hydroxyl groups is 1. The number of fused-ring (bicyclic) bond motifs is 2. The van der Waals surface area contributed by atoms with Gasteiger partial charge in [-0.1, -0.05) is 18.2 Å². The van der Waals surface area contributed by atoms with Crippen LogP contribution < -0.4 is 0 Å². The molecular weight excluding hydrogens is 250 g/mol. The maximum atomic E-state index is 9.51. The smallest absolute Gasteiger partial charge is 0.155 e. The molecule has 2 aromatic carbocycles. The molecule has 0 saturated heterocycles. The van der Waals surface area contributed by atoms with Gasteiger partial charge in [0.05, 0.1) is 11.9 Å². The predicted molar refractivity (Wildman–Crippen MR) is 77.6 cm³/mol. The molecule has 0 atom stereocenters. The summed E-state index contributed by atoms with van der Waals surface area (Å²) < 4.78 is 1.82. The molecule has 4 aromatic rings. The van der Waals surface area contributed by atoms with Crippen LogP contribution in [0, 0.1) is 0 Å². The van der Waals surface area contributed by atoms with Crippen molar-refractivity contribution in [3.8, 4) is 17.0 Å². The Morgan fingerprint density at radius 2 is 1.70 bits per heavy atom. The van der Waals surface area contributed by atoms with Crippen molar-refractivity contribution in [2.24, 2.45) is 0 Å². The second-order valence-electron chi connectivity index (χ2n) is 4.68. The molecule has 2 aromatic heterocycles. The third-order valence-corrected chi connectivity index (χ3v) is 3.41. The fourth-order valence-electron chi connectivity index (χ4n) is 2.45. The number of aromatic nitrogens is 3. The molecule has 4 rings (SSSR count). The number of rotatable bonds is 1. The van der Waals surface area contributed by atoms with Crippen LogP contribution in [0.2, 0.25) is 0 Å². The van der Waals surface area contributed by atoms with Gasteiger partial charge in [0.2, 0.25) is 0 Å². The summed E-state index contributed by atoms with van der Waals surface area (Å²) in [5, 5.41) is 15.9. The molecule has 0 amide bonds. The molecule has 0 unspecified atom stereocenters. The van der Waals surface area contributed by atoms with Crippen LogP contribution in [0.25, 0.3) is 27.7 Å². The van der Waals surface area contributed by atoms with Gasteiger partial charge in [-0.15, -0.1) is 0 Å². The van der Waals surface area contributed by atoms with Crippen molar-refractivity contribution in [3.05, 3.63) is 60.9 Å². The van der Waals surface area contributed by atoms with E-state index >= 15 is 0 Å². The van der Waals surface area contributed by atoms with Crippen LogP contribution in [-0.4, -0.2) is 19.7 Å². The Kier molecular flexibility index (Phi) is 2.23. The standard InChI is InChI=1S/C16H11N3O/c20-14-4-3-11-9-13(2-1-12(11)10-14)15-5-7-17-16-6-8-18-19(15)16/h1-10,20H. The van der Waals surface area contributed by atoms with Crippen LogP contribution in [0.1, 0.15) is 0 Å².